The number of nitrogens with one attached hydrogen (secondary N) is 1. The standard InChI is InChI=1S/C10H6Cl2N4O/c11-6-3-4-13-5-8(6)14-10(17)7-1-2-9(12)16-15-7/h1-5H,(H,14,17). The highest BCUT2D eigenvalue weighted by Crippen LogP contribution is 2.19. The molecule has 17 heavy (non-hydrogen) atoms. The van der Waals surface area contributed by atoms with Crippen molar-refractivity contribution in [3.05, 3.63) is 46.5 Å². The van der Waals surface area contributed by atoms with Crippen LogP contribution < -0.4 is 5.32 Å². The molecule has 0 saturated carbocycles. The third-order valence-corrected chi connectivity index (χ3v) is 2.41. The van der Waals surface area contributed by atoms with E-state index in [0.29, 0.717) is 10.7 Å². The monoisotopic (exact) mass is 268 g/mol. The molecule has 0 radical (unpaired) electrons. The van der Waals surface area contributed by atoms with Gasteiger partial charge in [0, 0.05) is 6.20 Å². The highest BCUT2D eigenvalue weighted by Gasteiger charge is 2.10. The molecule has 7 heteroatoms. The lowest BCUT2D eigenvalue weighted by molar-refractivity contribution is 0.102. The van der Waals surface area contributed by atoms with E-state index in [1.54, 1.807) is 6.07 Å². The molecule has 0 fully saturated rings. The molecule has 0 spiro atoms. The van der Waals surface area contributed by atoms with Gasteiger partial charge in [0.2, 0.25) is 0 Å². The summed E-state index contributed by atoms with van der Waals surface area (Å²) < 4.78 is 0. The predicted octanol–water partition coefficient (Wildman–Crippen LogP) is 2.43. The second-order valence-electron chi connectivity index (χ2n) is 3.05. The van der Waals surface area contributed by atoms with Crippen LogP contribution in [0.25, 0.3) is 0 Å². The van der Waals surface area contributed by atoms with Gasteiger partial charge in [-0.3, -0.25) is 9.78 Å². The minimum Gasteiger partial charge on any atom is -0.318 e. The lowest BCUT2D eigenvalue weighted by atomic mass is 10.3. The zero-order valence-corrected chi connectivity index (χ0v) is 9.90. The van der Waals surface area contributed by atoms with E-state index in [-0.39, 0.29) is 10.8 Å². The van der Waals surface area contributed by atoms with Crippen molar-refractivity contribution in [2.75, 3.05) is 5.32 Å². The summed E-state index contributed by atoms with van der Waals surface area (Å²) in [6, 6.07) is 4.52. The fourth-order valence-electron chi connectivity index (χ4n) is 1.09. The molecule has 5 nitrogen and oxygen atoms in total. The van der Waals surface area contributed by atoms with Crippen LogP contribution in [0.4, 0.5) is 5.69 Å². The number of pyridine rings is 1. The lowest BCUT2D eigenvalue weighted by Crippen LogP contribution is -2.14. The summed E-state index contributed by atoms with van der Waals surface area (Å²) in [6.45, 7) is 0. The molecule has 86 valence electrons. The Kier molecular flexibility index (Phi) is 3.51. The number of carbonyl (C=O) groups excluding carboxylic acids is 1. The molecule has 0 aliphatic heterocycles. The first-order valence-corrected chi connectivity index (χ1v) is 5.32. The zero-order valence-electron chi connectivity index (χ0n) is 8.39. The van der Waals surface area contributed by atoms with Gasteiger partial charge in [0.15, 0.2) is 10.8 Å². The molecule has 2 aromatic rings. The molecular formula is C10H6Cl2N4O. The van der Waals surface area contributed by atoms with Crippen molar-refractivity contribution in [2.24, 2.45) is 0 Å². The van der Waals surface area contributed by atoms with Crippen molar-refractivity contribution < 1.29 is 4.79 Å². The van der Waals surface area contributed by atoms with Crippen LogP contribution in [0.5, 0.6) is 0 Å². The molecule has 0 bridgehead atoms. The van der Waals surface area contributed by atoms with E-state index >= 15 is 0 Å². The van der Waals surface area contributed by atoms with E-state index in [0.717, 1.165) is 0 Å². The Hall–Kier alpha value is -1.72. The van der Waals surface area contributed by atoms with Gasteiger partial charge in [0.25, 0.3) is 5.91 Å². The highest BCUT2D eigenvalue weighted by molar-refractivity contribution is 6.33. The quantitative estimate of drug-likeness (QED) is 0.909. The van der Waals surface area contributed by atoms with E-state index in [2.05, 4.69) is 20.5 Å². The van der Waals surface area contributed by atoms with Crippen LogP contribution in [0.3, 0.4) is 0 Å². The van der Waals surface area contributed by atoms with Gasteiger partial charge >= 0.3 is 0 Å². The molecule has 1 amide bonds. The molecule has 0 saturated heterocycles. The van der Waals surface area contributed by atoms with Gasteiger partial charge in [-0.25, -0.2) is 0 Å². The average molecular weight is 269 g/mol. The molecular weight excluding hydrogens is 263 g/mol. The SMILES string of the molecule is O=C(Nc1cnccc1Cl)c1ccc(Cl)nn1. The van der Waals surface area contributed by atoms with Crippen LogP contribution in [0, 0.1) is 0 Å². The first kappa shape index (κ1) is 11.8. The Labute approximate surface area is 107 Å². The maximum atomic E-state index is 11.7. The van der Waals surface area contributed by atoms with Crippen molar-refractivity contribution in [3.63, 3.8) is 0 Å². The molecule has 1 N–H and O–H groups in total. The number of carbonyl (C=O) groups is 1. The molecule has 2 aromatic heterocycles. The second-order valence-corrected chi connectivity index (χ2v) is 3.85. The summed E-state index contributed by atoms with van der Waals surface area (Å²) in [4.78, 5) is 15.6. The maximum Gasteiger partial charge on any atom is 0.276 e. The molecule has 0 aliphatic carbocycles. The van der Waals surface area contributed by atoms with Crippen LogP contribution >= 0.6 is 23.2 Å². The van der Waals surface area contributed by atoms with Gasteiger partial charge in [-0.1, -0.05) is 23.2 Å². The number of nitrogens with zero attached hydrogens (tertiary/aromatic N) is 3. The molecule has 2 heterocycles. The molecule has 0 aliphatic rings. The first-order chi connectivity index (χ1) is 8.16. The fraction of sp³-hybridized carbons (Fsp3) is 0. The fourth-order valence-corrected chi connectivity index (χ4v) is 1.35. The number of amides is 1. The third kappa shape index (κ3) is 2.89. The minimum absolute atomic E-state index is 0.148. The Morgan fingerprint density at radius 2 is 2.00 bits per heavy atom. The summed E-state index contributed by atoms with van der Waals surface area (Å²) in [5.41, 5.74) is 0.560. The van der Waals surface area contributed by atoms with Crippen molar-refractivity contribution in [3.8, 4) is 0 Å². The third-order valence-electron chi connectivity index (χ3n) is 1.88. The Morgan fingerprint density at radius 1 is 1.18 bits per heavy atom. The molecule has 2 rings (SSSR count). The molecule has 0 aromatic carbocycles. The van der Waals surface area contributed by atoms with E-state index in [4.69, 9.17) is 23.2 Å². The Bertz CT molecular complexity index is 544. The lowest BCUT2D eigenvalue weighted by Gasteiger charge is -2.04. The van der Waals surface area contributed by atoms with Crippen molar-refractivity contribution in [2.45, 2.75) is 0 Å². The average Bonchev–Trinajstić information content (AvgIpc) is 2.33. The van der Waals surface area contributed by atoms with Gasteiger partial charge < -0.3 is 5.32 Å². The van der Waals surface area contributed by atoms with Crippen LogP contribution in [-0.4, -0.2) is 21.1 Å². The Balaban J connectivity index is 2.17. The molecule has 0 atom stereocenters. The van der Waals surface area contributed by atoms with E-state index < -0.39 is 5.91 Å². The van der Waals surface area contributed by atoms with Crippen LogP contribution in [0.2, 0.25) is 10.2 Å². The highest BCUT2D eigenvalue weighted by atomic mass is 35.5. The largest absolute Gasteiger partial charge is 0.318 e. The summed E-state index contributed by atoms with van der Waals surface area (Å²) in [6.07, 6.45) is 2.98. The smallest absolute Gasteiger partial charge is 0.276 e. The predicted molar refractivity (Wildman–Crippen MR) is 64.2 cm³/mol. The van der Waals surface area contributed by atoms with E-state index in [1.807, 2.05) is 0 Å². The van der Waals surface area contributed by atoms with Gasteiger partial charge in [0.1, 0.15) is 0 Å². The van der Waals surface area contributed by atoms with Crippen molar-refractivity contribution in [1.29, 1.82) is 0 Å². The van der Waals surface area contributed by atoms with Crippen molar-refractivity contribution >= 4 is 34.8 Å². The number of rotatable bonds is 2. The Morgan fingerprint density at radius 3 is 2.65 bits per heavy atom. The zero-order chi connectivity index (χ0) is 12.3. The van der Waals surface area contributed by atoms with Crippen LogP contribution in [0.15, 0.2) is 30.6 Å². The number of halogens is 2. The van der Waals surface area contributed by atoms with Gasteiger partial charge in [-0.05, 0) is 18.2 Å². The minimum atomic E-state index is -0.427. The van der Waals surface area contributed by atoms with Gasteiger partial charge in [-0.2, -0.15) is 0 Å². The summed E-state index contributed by atoms with van der Waals surface area (Å²) >= 11 is 11.4. The summed E-state index contributed by atoms with van der Waals surface area (Å²) in [7, 11) is 0. The topological polar surface area (TPSA) is 67.8 Å². The van der Waals surface area contributed by atoms with Crippen LogP contribution in [-0.2, 0) is 0 Å². The maximum absolute atomic E-state index is 11.7. The number of anilines is 1. The van der Waals surface area contributed by atoms with E-state index in [9.17, 15) is 4.79 Å². The first-order valence-electron chi connectivity index (χ1n) is 4.57. The van der Waals surface area contributed by atoms with Crippen molar-refractivity contribution in [1.82, 2.24) is 15.2 Å². The van der Waals surface area contributed by atoms with E-state index in [1.165, 1.54) is 24.5 Å². The number of hydrogen-bond donors (Lipinski definition) is 1. The van der Waals surface area contributed by atoms with Gasteiger partial charge in [-0.15, -0.1) is 10.2 Å². The normalized spacial score (nSPS) is 10.0. The summed E-state index contributed by atoms with van der Waals surface area (Å²) in [5, 5.41) is 10.4. The second kappa shape index (κ2) is 5.07. The van der Waals surface area contributed by atoms with Crippen LogP contribution in [0.1, 0.15) is 10.5 Å². The summed E-state index contributed by atoms with van der Waals surface area (Å²) in [5.74, 6) is -0.427. The number of hydrogen-bond acceptors (Lipinski definition) is 4. The molecule has 0 unspecified atom stereocenters. The number of aromatic nitrogens is 3. The van der Waals surface area contributed by atoms with Gasteiger partial charge in [0.05, 0.1) is 16.9 Å².